The van der Waals surface area contributed by atoms with Crippen molar-refractivity contribution in [3.05, 3.63) is 137 Å². The second kappa shape index (κ2) is 37.1. The summed E-state index contributed by atoms with van der Waals surface area (Å²) in [6.07, 6.45) is 11.6. The highest BCUT2D eigenvalue weighted by Crippen LogP contribution is 2.47. The van der Waals surface area contributed by atoms with E-state index in [2.05, 4.69) is 36.8 Å². The fourth-order valence-electron chi connectivity index (χ4n) is 12.0. The van der Waals surface area contributed by atoms with Crippen molar-refractivity contribution in [3.63, 3.8) is 0 Å². The van der Waals surface area contributed by atoms with E-state index in [0.717, 1.165) is 46.7 Å². The molecule has 5 atom stereocenters. The number of anilines is 2. The maximum Gasteiger partial charge on any atom is 0.415 e. The predicted octanol–water partition coefficient (Wildman–Crippen LogP) is 3.90. The van der Waals surface area contributed by atoms with Gasteiger partial charge in [0.05, 0.1) is 56.9 Å². The molecule has 1 aliphatic carbocycles. The van der Waals surface area contributed by atoms with Gasteiger partial charge in [0.1, 0.15) is 48.7 Å². The molecule has 0 saturated carbocycles. The van der Waals surface area contributed by atoms with Crippen LogP contribution in [-0.2, 0) is 59.1 Å². The molecular formula is C71H89ClN14O18. The van der Waals surface area contributed by atoms with Crippen molar-refractivity contribution in [3.8, 4) is 5.75 Å². The van der Waals surface area contributed by atoms with Crippen LogP contribution in [0.2, 0.25) is 0 Å². The van der Waals surface area contributed by atoms with Crippen LogP contribution in [-0.4, -0.2) is 244 Å². The smallest absolute Gasteiger partial charge is 0.415 e. The van der Waals surface area contributed by atoms with E-state index in [4.69, 9.17) is 45.8 Å². The van der Waals surface area contributed by atoms with Crippen molar-refractivity contribution in [2.24, 2.45) is 17.6 Å². The molecule has 0 radical (unpaired) electrons. The monoisotopic (exact) mass is 1460 g/mol. The molecule has 0 aromatic heterocycles. The Labute approximate surface area is 606 Å². The highest BCUT2D eigenvalue weighted by Gasteiger charge is 2.40. The third-order valence-corrected chi connectivity index (χ3v) is 18.2. The number of aliphatic hydroxyl groups excluding tert-OH is 1. The molecular weight excluding hydrogens is 1370 g/mol. The number of hydrogen-bond acceptors (Lipinski definition) is 21. The normalized spacial score (nSPS) is 18.0. The molecule has 3 aromatic rings. The first-order valence-corrected chi connectivity index (χ1v) is 34.8. The van der Waals surface area contributed by atoms with Gasteiger partial charge < -0.3 is 101 Å². The maximum absolute atomic E-state index is 14.8. The standard InChI is InChI=1S/C71H89ClN14O18/c1-44(2)62(79-68(95)101-37-36-100-34-31-85-58(88)21-22-59(85)89)65(92)78-53(10-7-23-74-67(73)94)64(91)75-49-15-11-46(12-16-49)43-102-69(96)81(5)26-29-83(30-33-99-35-32-87)71(98)104-56-38-55-61(60-45(3)8-6-9-52(56)60)48(39-72)40-86(55)66(93)54-42-84-41-50(17-20-57(84)77-54)76-63(90)47-13-18-51(19-14-47)103-70(97)82-27-24-80(4)25-28-82/h6,8-9,11-13,15-22,38,41-42,44,47-48,53,57,62,77,87H,7,10,14,23-37,39-40,43H2,1-5H3,(H,75,91)(H,76,90)(H,78,92)(H,79,95)(H3,73,74,94)/t47?,48-,53+,57?,62+/m1/s1. The number of alkyl carbamates (subject to hydrolysis) is 1. The molecule has 5 heterocycles. The van der Waals surface area contributed by atoms with Crippen LogP contribution in [0.3, 0.4) is 0 Å². The minimum absolute atomic E-state index is 0.0000488. The first-order chi connectivity index (χ1) is 50.0. The second-order valence-electron chi connectivity index (χ2n) is 25.7. The SMILES string of the molecule is Cc1cccc2c(OC(=O)N(CCOCCO)CCN(C)C(=O)OCc3ccc(NC(=O)[C@H](CCCNC(N)=O)NC(=O)[C@@H](NC(=O)OCCOCCN4C(=O)C=CC4=O)C(C)C)cc3)cc3c(c12)[C@H](CCl)CN3C(=O)C1=CN2C=C(NC(=O)C3C=CC(OC(=O)N4CCN(C)CC4)=CC3)C=CC2N1. The quantitative estimate of drug-likeness (QED) is 0.0190. The molecule has 9 rings (SSSR count). The highest BCUT2D eigenvalue weighted by atomic mass is 35.5. The number of nitrogens with one attached hydrogen (secondary N) is 6. The van der Waals surface area contributed by atoms with E-state index in [0.29, 0.717) is 53.3 Å². The Hall–Kier alpha value is -10.5. The van der Waals surface area contributed by atoms with Gasteiger partial charge in [-0.2, -0.15) is 0 Å². The van der Waals surface area contributed by atoms with E-state index < -0.39 is 84.1 Å². The van der Waals surface area contributed by atoms with Gasteiger partial charge in [0, 0.05) is 119 Å². The molecule has 12 amide bonds. The predicted molar refractivity (Wildman–Crippen MR) is 380 cm³/mol. The first-order valence-electron chi connectivity index (χ1n) is 34.2. The van der Waals surface area contributed by atoms with Gasteiger partial charge in [0.2, 0.25) is 17.7 Å². The number of imide groups is 1. The number of carbonyl (C=O) groups excluding carboxylic acids is 11. The number of urea groups is 1. The summed E-state index contributed by atoms with van der Waals surface area (Å²) in [5.41, 5.74) is 8.98. The Balaban J connectivity index is 0.781. The number of aryl methyl sites for hydroxylation is 1. The maximum atomic E-state index is 14.8. The van der Waals surface area contributed by atoms with Crippen LogP contribution in [0.15, 0.2) is 121 Å². The molecule has 9 N–H and O–H groups in total. The molecule has 33 heteroatoms. The number of piperazine rings is 1. The number of nitrogens with zero attached hydrogens (tertiary/aromatic N) is 7. The minimum atomic E-state index is -1.16. The lowest BCUT2D eigenvalue weighted by atomic mass is 9.92. The molecule has 32 nitrogen and oxygen atoms in total. The van der Waals surface area contributed by atoms with E-state index in [-0.39, 0.29) is 133 Å². The first kappa shape index (κ1) is 77.6. The molecule has 1 saturated heterocycles. The molecule has 1 fully saturated rings. The van der Waals surface area contributed by atoms with Gasteiger partial charge in [0.25, 0.3) is 17.7 Å². The van der Waals surface area contributed by atoms with Gasteiger partial charge in [-0.15, -0.1) is 11.6 Å². The van der Waals surface area contributed by atoms with Gasteiger partial charge in [-0.05, 0) is 97.7 Å². The topological polar surface area (TPSA) is 384 Å². The number of amides is 12. The van der Waals surface area contributed by atoms with Gasteiger partial charge in [-0.1, -0.05) is 50.3 Å². The average Bonchev–Trinajstić information content (AvgIpc) is 1.56. The largest absolute Gasteiger partial charge is 0.447 e. The van der Waals surface area contributed by atoms with Crippen LogP contribution in [0.5, 0.6) is 5.75 Å². The number of ether oxygens (including phenoxy) is 6. The number of likely N-dealkylation sites (N-methyl/N-ethyl adjacent to an activating group) is 2. The van der Waals surface area contributed by atoms with E-state index in [9.17, 15) is 57.8 Å². The Morgan fingerprint density at radius 3 is 2.26 bits per heavy atom. The second-order valence-corrected chi connectivity index (χ2v) is 26.0. The van der Waals surface area contributed by atoms with Crippen LogP contribution in [0.25, 0.3) is 10.8 Å². The summed E-state index contributed by atoms with van der Waals surface area (Å²) >= 11 is 6.70. The van der Waals surface area contributed by atoms with Crippen molar-refractivity contribution in [1.82, 2.24) is 56.0 Å². The van der Waals surface area contributed by atoms with Crippen LogP contribution >= 0.6 is 11.6 Å². The molecule has 6 aliphatic rings. The number of hydrogen-bond donors (Lipinski definition) is 8. The van der Waals surface area contributed by atoms with Crippen LogP contribution < -0.4 is 47.3 Å². The zero-order valence-electron chi connectivity index (χ0n) is 58.6. The number of fused-ring (bicyclic) bond motifs is 4. The lowest BCUT2D eigenvalue weighted by molar-refractivity contribution is -0.137. The average molecular weight is 1460 g/mol. The molecule has 0 spiro atoms. The fraction of sp³-hybridized carbons (Fsp3) is 0.451. The summed E-state index contributed by atoms with van der Waals surface area (Å²) in [4.78, 5) is 155. The van der Waals surface area contributed by atoms with E-state index in [1.807, 2.05) is 38.2 Å². The van der Waals surface area contributed by atoms with Gasteiger partial charge >= 0.3 is 30.4 Å². The Morgan fingerprint density at radius 1 is 0.808 bits per heavy atom. The molecule has 5 aliphatic heterocycles. The number of halogens is 1. The lowest BCUT2D eigenvalue weighted by Gasteiger charge is -2.31. The lowest BCUT2D eigenvalue weighted by Crippen LogP contribution is -2.54. The van der Waals surface area contributed by atoms with E-state index >= 15 is 0 Å². The number of aliphatic hydroxyl groups is 1. The van der Waals surface area contributed by atoms with Crippen LogP contribution in [0.1, 0.15) is 55.7 Å². The van der Waals surface area contributed by atoms with E-state index in [1.165, 1.54) is 16.8 Å². The van der Waals surface area contributed by atoms with Crippen LogP contribution in [0, 0.1) is 18.8 Å². The van der Waals surface area contributed by atoms with Crippen molar-refractivity contribution < 1.29 is 86.3 Å². The summed E-state index contributed by atoms with van der Waals surface area (Å²) < 4.78 is 33.6. The third-order valence-electron chi connectivity index (χ3n) is 17.8. The fourth-order valence-corrected chi connectivity index (χ4v) is 12.3. The third kappa shape index (κ3) is 20.9. The molecule has 104 heavy (non-hydrogen) atoms. The summed E-state index contributed by atoms with van der Waals surface area (Å²) in [6, 6.07) is 10.5. The number of primary amides is 1. The number of nitrogens with two attached hydrogens (primary N) is 1. The zero-order valence-corrected chi connectivity index (χ0v) is 59.4. The van der Waals surface area contributed by atoms with Crippen molar-refractivity contribution >= 4 is 99.6 Å². The number of allylic oxidation sites excluding steroid dienone is 3. The summed E-state index contributed by atoms with van der Waals surface area (Å²) in [5.74, 6) is -3.48. The summed E-state index contributed by atoms with van der Waals surface area (Å²) in [5, 5.41) is 27.5. The molecule has 558 valence electrons. The van der Waals surface area contributed by atoms with E-state index in [1.54, 1.807) is 95.6 Å². The number of rotatable bonds is 32. The minimum Gasteiger partial charge on any atom is -0.447 e. The van der Waals surface area contributed by atoms with Gasteiger partial charge in [-0.25, -0.2) is 24.0 Å². The van der Waals surface area contributed by atoms with Gasteiger partial charge in [-0.3, -0.25) is 33.7 Å². The number of carbonyl (C=O) groups is 11. The zero-order chi connectivity index (χ0) is 74.6. The van der Waals surface area contributed by atoms with Gasteiger partial charge in [0.15, 0.2) is 0 Å². The summed E-state index contributed by atoms with van der Waals surface area (Å²) in [7, 11) is 3.49. The van der Waals surface area contributed by atoms with Crippen molar-refractivity contribution in [2.75, 3.05) is 135 Å². The van der Waals surface area contributed by atoms with Crippen LogP contribution in [0.4, 0.5) is 35.3 Å². The summed E-state index contributed by atoms with van der Waals surface area (Å²) in [6.45, 7) is 7.42. The number of alkyl halides is 1. The van der Waals surface area contributed by atoms with Crippen molar-refractivity contribution in [2.45, 2.75) is 70.8 Å². The molecule has 2 unspecified atom stereocenters. The van der Waals surface area contributed by atoms with Crippen molar-refractivity contribution in [1.29, 1.82) is 0 Å². The molecule has 0 bridgehead atoms. The Morgan fingerprint density at radius 2 is 1.56 bits per heavy atom. The number of benzene rings is 3. The molecule has 3 aromatic carbocycles. The highest BCUT2D eigenvalue weighted by molar-refractivity contribution is 6.19. The Bertz CT molecular complexity index is 3870. The Kier molecular flexibility index (Phi) is 27.7.